The van der Waals surface area contributed by atoms with Crippen molar-refractivity contribution in [2.75, 3.05) is 35.8 Å². The Kier molecular flexibility index (Phi) is 4.55. The second-order valence-corrected chi connectivity index (χ2v) is 6.56. The van der Waals surface area contributed by atoms with Gasteiger partial charge in [-0.3, -0.25) is 0 Å². The Labute approximate surface area is 120 Å². The fourth-order valence-corrected chi connectivity index (χ4v) is 3.63. The summed E-state index contributed by atoms with van der Waals surface area (Å²) in [5.74, 6) is 5.75. The van der Waals surface area contributed by atoms with Crippen molar-refractivity contribution in [2.45, 2.75) is 39.2 Å². The average Bonchev–Trinajstić information content (AvgIpc) is 2.91. The summed E-state index contributed by atoms with van der Waals surface area (Å²) in [6.07, 6.45) is 1.25. The highest BCUT2D eigenvalue weighted by Gasteiger charge is 2.24. The topological polar surface area (TPSA) is 41.1 Å². The van der Waals surface area contributed by atoms with E-state index in [1.165, 1.54) is 17.9 Å². The van der Waals surface area contributed by atoms with Crippen LogP contribution in [0.4, 0.5) is 11.6 Å². The summed E-state index contributed by atoms with van der Waals surface area (Å²) >= 11 is 2.03. The number of hydrogen-bond donors (Lipinski definition) is 1. The van der Waals surface area contributed by atoms with Crippen LogP contribution in [0.5, 0.6) is 0 Å². The van der Waals surface area contributed by atoms with E-state index in [1.807, 2.05) is 18.8 Å². The van der Waals surface area contributed by atoms with Crippen LogP contribution in [0.2, 0.25) is 0 Å². The standard InChI is InChI=1S/C14H24N4S/c1-9(2)12-16-13(15-4)10(3)14(17-12)18(5)11-6-7-19-8-11/h9,11H,6-8H2,1-5H3,(H,15,16,17). The van der Waals surface area contributed by atoms with E-state index in [1.54, 1.807) is 0 Å². The third-order valence-electron chi connectivity index (χ3n) is 3.68. The highest BCUT2D eigenvalue weighted by Crippen LogP contribution is 2.30. The van der Waals surface area contributed by atoms with Crippen LogP contribution in [0.3, 0.4) is 0 Å². The number of rotatable bonds is 4. The zero-order valence-corrected chi connectivity index (χ0v) is 13.3. The Morgan fingerprint density at radius 3 is 2.63 bits per heavy atom. The second-order valence-electron chi connectivity index (χ2n) is 5.41. The lowest BCUT2D eigenvalue weighted by Gasteiger charge is -2.27. The molecule has 0 aliphatic carbocycles. The number of aromatic nitrogens is 2. The quantitative estimate of drug-likeness (QED) is 0.918. The lowest BCUT2D eigenvalue weighted by Crippen LogP contribution is -2.33. The van der Waals surface area contributed by atoms with E-state index in [4.69, 9.17) is 4.98 Å². The summed E-state index contributed by atoms with van der Waals surface area (Å²) in [5, 5.41) is 3.19. The molecule has 0 aromatic carbocycles. The van der Waals surface area contributed by atoms with Crippen LogP contribution in [-0.4, -0.2) is 41.6 Å². The highest BCUT2D eigenvalue weighted by atomic mass is 32.2. The van der Waals surface area contributed by atoms with Gasteiger partial charge in [0.2, 0.25) is 0 Å². The molecule has 0 amide bonds. The Balaban J connectivity index is 2.39. The number of anilines is 2. The predicted octanol–water partition coefficient (Wildman–Crippen LogP) is 2.89. The van der Waals surface area contributed by atoms with E-state index >= 15 is 0 Å². The monoisotopic (exact) mass is 280 g/mol. The Bertz CT molecular complexity index is 441. The van der Waals surface area contributed by atoms with E-state index in [0.717, 1.165) is 23.0 Å². The maximum absolute atomic E-state index is 4.79. The van der Waals surface area contributed by atoms with Crippen LogP contribution >= 0.6 is 11.8 Å². The largest absolute Gasteiger partial charge is 0.373 e. The predicted molar refractivity (Wildman–Crippen MR) is 84.5 cm³/mol. The van der Waals surface area contributed by atoms with Gasteiger partial charge in [0.15, 0.2) is 0 Å². The molecule has 0 radical (unpaired) electrons. The first-order chi connectivity index (χ1) is 9.04. The SMILES string of the molecule is CNc1nc(C(C)C)nc(N(C)C2CCSC2)c1C. The van der Waals surface area contributed by atoms with Crippen molar-refractivity contribution in [3.8, 4) is 0 Å². The lowest BCUT2D eigenvalue weighted by molar-refractivity contribution is 0.678. The van der Waals surface area contributed by atoms with Crippen LogP contribution in [0.1, 0.15) is 37.6 Å². The van der Waals surface area contributed by atoms with Crippen LogP contribution in [0.25, 0.3) is 0 Å². The molecule has 1 aliphatic rings. The Morgan fingerprint density at radius 1 is 1.37 bits per heavy atom. The van der Waals surface area contributed by atoms with Crippen LogP contribution < -0.4 is 10.2 Å². The maximum Gasteiger partial charge on any atom is 0.137 e. The number of nitrogens with zero attached hydrogens (tertiary/aromatic N) is 3. The molecule has 0 bridgehead atoms. The molecule has 4 nitrogen and oxygen atoms in total. The molecule has 19 heavy (non-hydrogen) atoms. The van der Waals surface area contributed by atoms with E-state index < -0.39 is 0 Å². The fraction of sp³-hybridized carbons (Fsp3) is 0.714. The normalized spacial score (nSPS) is 18.9. The van der Waals surface area contributed by atoms with Gasteiger partial charge in [0, 0.05) is 37.4 Å². The number of thioether (sulfide) groups is 1. The van der Waals surface area contributed by atoms with Gasteiger partial charge in [-0.25, -0.2) is 9.97 Å². The van der Waals surface area contributed by atoms with Gasteiger partial charge in [-0.15, -0.1) is 0 Å². The summed E-state index contributed by atoms with van der Waals surface area (Å²) < 4.78 is 0. The lowest BCUT2D eigenvalue weighted by atomic mass is 10.1. The zero-order chi connectivity index (χ0) is 14.0. The summed E-state index contributed by atoms with van der Waals surface area (Å²) in [6.45, 7) is 6.38. The molecule has 1 aromatic heterocycles. The molecule has 2 rings (SSSR count). The summed E-state index contributed by atoms with van der Waals surface area (Å²) in [6, 6.07) is 0.600. The van der Waals surface area contributed by atoms with Crippen LogP contribution in [-0.2, 0) is 0 Å². The summed E-state index contributed by atoms with van der Waals surface area (Å²) in [5.41, 5.74) is 1.14. The molecule has 0 spiro atoms. The van der Waals surface area contributed by atoms with Gasteiger partial charge in [-0.05, 0) is 19.1 Å². The van der Waals surface area contributed by atoms with Crippen molar-refractivity contribution in [2.24, 2.45) is 0 Å². The number of nitrogens with one attached hydrogen (secondary N) is 1. The van der Waals surface area contributed by atoms with Gasteiger partial charge in [-0.1, -0.05) is 13.8 Å². The van der Waals surface area contributed by atoms with Gasteiger partial charge in [0.05, 0.1) is 0 Å². The fourth-order valence-electron chi connectivity index (χ4n) is 2.37. The molecule has 0 saturated carbocycles. The van der Waals surface area contributed by atoms with E-state index in [-0.39, 0.29) is 0 Å². The zero-order valence-electron chi connectivity index (χ0n) is 12.5. The van der Waals surface area contributed by atoms with Crippen LogP contribution in [0.15, 0.2) is 0 Å². The van der Waals surface area contributed by atoms with E-state index in [2.05, 4.69) is 43.0 Å². The molecule has 1 N–H and O–H groups in total. The van der Waals surface area contributed by atoms with Crippen molar-refractivity contribution >= 4 is 23.4 Å². The van der Waals surface area contributed by atoms with Crippen molar-refractivity contribution in [3.63, 3.8) is 0 Å². The second kappa shape index (κ2) is 5.99. The summed E-state index contributed by atoms with van der Waals surface area (Å²) in [7, 11) is 4.09. The van der Waals surface area contributed by atoms with Gasteiger partial charge in [-0.2, -0.15) is 11.8 Å². The maximum atomic E-state index is 4.79. The van der Waals surface area contributed by atoms with Gasteiger partial charge in [0.1, 0.15) is 17.5 Å². The van der Waals surface area contributed by atoms with E-state index in [0.29, 0.717) is 12.0 Å². The molecule has 1 fully saturated rings. The molecule has 1 saturated heterocycles. The average molecular weight is 280 g/mol. The van der Waals surface area contributed by atoms with Gasteiger partial charge in [0.25, 0.3) is 0 Å². The van der Waals surface area contributed by atoms with Crippen molar-refractivity contribution in [1.29, 1.82) is 0 Å². The third kappa shape index (κ3) is 2.96. The first-order valence-corrected chi connectivity index (χ1v) is 8.07. The first-order valence-electron chi connectivity index (χ1n) is 6.91. The highest BCUT2D eigenvalue weighted by molar-refractivity contribution is 7.99. The first kappa shape index (κ1) is 14.4. The van der Waals surface area contributed by atoms with Gasteiger partial charge < -0.3 is 10.2 Å². The molecule has 106 valence electrons. The minimum atomic E-state index is 0.345. The minimum Gasteiger partial charge on any atom is -0.373 e. The van der Waals surface area contributed by atoms with Gasteiger partial charge >= 0.3 is 0 Å². The third-order valence-corrected chi connectivity index (χ3v) is 4.82. The Hall–Kier alpha value is -0.970. The van der Waals surface area contributed by atoms with E-state index in [9.17, 15) is 0 Å². The smallest absolute Gasteiger partial charge is 0.137 e. The molecule has 2 heterocycles. The Morgan fingerprint density at radius 2 is 2.11 bits per heavy atom. The summed E-state index contributed by atoms with van der Waals surface area (Å²) in [4.78, 5) is 11.7. The van der Waals surface area contributed by atoms with Crippen molar-refractivity contribution in [3.05, 3.63) is 11.4 Å². The molecule has 1 atom stereocenters. The molecule has 1 unspecified atom stereocenters. The number of hydrogen-bond acceptors (Lipinski definition) is 5. The van der Waals surface area contributed by atoms with Crippen molar-refractivity contribution in [1.82, 2.24) is 9.97 Å². The molecule has 5 heteroatoms. The van der Waals surface area contributed by atoms with Crippen molar-refractivity contribution < 1.29 is 0 Å². The molecular weight excluding hydrogens is 256 g/mol. The molecule has 1 aromatic rings. The molecular formula is C14H24N4S. The van der Waals surface area contributed by atoms with Crippen LogP contribution in [0, 0.1) is 6.92 Å². The minimum absolute atomic E-state index is 0.345. The molecule has 1 aliphatic heterocycles.